The summed E-state index contributed by atoms with van der Waals surface area (Å²) >= 11 is 13.0. The van der Waals surface area contributed by atoms with E-state index in [1.165, 1.54) is 52.1 Å². The molecule has 2 heterocycles. The Morgan fingerprint density at radius 3 is 2.27 bits per heavy atom. The third-order valence-corrected chi connectivity index (χ3v) is 9.97. The van der Waals surface area contributed by atoms with Gasteiger partial charge in [-0.3, -0.25) is 24.0 Å². The lowest BCUT2D eigenvalue weighted by Gasteiger charge is -2.40. The average molecular weight is 808 g/mol. The Balaban J connectivity index is 2.11. The Bertz CT molecular complexity index is 1880. The van der Waals surface area contributed by atoms with Crippen LogP contribution in [0.2, 0.25) is 10.0 Å². The van der Waals surface area contributed by atoms with E-state index in [1.54, 1.807) is 13.8 Å². The van der Waals surface area contributed by atoms with E-state index in [1.807, 2.05) is 5.32 Å². The first-order chi connectivity index (χ1) is 25.7. The van der Waals surface area contributed by atoms with Crippen molar-refractivity contribution in [3.05, 3.63) is 75.1 Å². The van der Waals surface area contributed by atoms with Crippen molar-refractivity contribution in [1.29, 1.82) is 0 Å². The van der Waals surface area contributed by atoms with Crippen LogP contribution in [0.4, 0.5) is 0 Å². The molecular formula is C36H44Cl2N6O11. The summed E-state index contributed by atoms with van der Waals surface area (Å²) < 4.78 is 6.41. The first-order valence-electron chi connectivity index (χ1n) is 17.0. The average Bonchev–Trinajstić information content (AvgIpc) is 3.62. The summed E-state index contributed by atoms with van der Waals surface area (Å²) in [6.07, 6.45) is 1.87. The molecule has 6 atom stereocenters. The van der Waals surface area contributed by atoms with Crippen LogP contribution in [-0.2, 0) is 33.6 Å². The molecule has 0 aliphatic carbocycles. The van der Waals surface area contributed by atoms with Crippen molar-refractivity contribution in [2.45, 2.75) is 83.3 Å². The number of rotatable bonds is 11. The van der Waals surface area contributed by atoms with E-state index < -0.39 is 83.0 Å². The van der Waals surface area contributed by atoms with Crippen molar-refractivity contribution in [2.75, 3.05) is 13.6 Å². The quantitative estimate of drug-likeness (QED) is 0.117. The monoisotopic (exact) mass is 806 g/mol. The normalized spacial score (nSPS) is 24.8. The van der Waals surface area contributed by atoms with Crippen LogP contribution in [0.3, 0.4) is 0 Å². The molecule has 0 radical (unpaired) electrons. The summed E-state index contributed by atoms with van der Waals surface area (Å²) in [5, 5.41) is 41.9. The van der Waals surface area contributed by atoms with Crippen LogP contribution in [0.1, 0.15) is 59.1 Å². The van der Waals surface area contributed by atoms with Gasteiger partial charge in [0.1, 0.15) is 58.0 Å². The molecular weight excluding hydrogens is 763 g/mol. The zero-order chi connectivity index (χ0) is 41.5. The molecule has 17 nitrogen and oxygen atoms in total. The summed E-state index contributed by atoms with van der Waals surface area (Å²) in [5.74, 6) is -8.02. The molecule has 298 valence electrons. The van der Waals surface area contributed by atoms with Crippen LogP contribution >= 0.6 is 23.2 Å². The first-order valence-corrected chi connectivity index (χ1v) is 17.7. The van der Waals surface area contributed by atoms with Crippen LogP contribution < -0.4 is 31.3 Å². The Morgan fingerprint density at radius 2 is 1.73 bits per heavy atom. The zero-order valence-electron chi connectivity index (χ0n) is 30.9. The molecule has 2 aliphatic rings. The number of aliphatic hydroxyl groups excluding tert-OH is 1. The van der Waals surface area contributed by atoms with Gasteiger partial charge in [-0.05, 0) is 69.5 Å². The standard InChI is InChI=1S/C36H44Cl2N6O11/c1-8-17(5)26(32(50)40-20(35(53)54)15-23(45)46)42-30(48)21-11-10-12-44(21)34(52)29-36(6,9-2)55-22-14-18(13-19(37)24(22)38)28(47)27(39-7)33(51)41-25(16(3)4)31(49)43-29/h10-11,13-15,21,25,27-29,39,47H,3,8-9,12H2,1-2,4-7H3,(H,40,50)(H,41,51)(H,42,48)(H,43,49)(H,45,46)(H,53,54)/b20-15+,26-17-/t21-,25?,27?,28-,29-,36+/m0/s1. The minimum absolute atomic E-state index is 0.0321. The summed E-state index contributed by atoms with van der Waals surface area (Å²) in [6, 6.07) is -3.00. The number of hydrogen-bond acceptors (Lipinski definition) is 10. The highest BCUT2D eigenvalue weighted by Gasteiger charge is 2.47. The number of carbonyl (C=O) groups is 7. The number of halogens is 2. The van der Waals surface area contributed by atoms with Gasteiger partial charge in [-0.15, -0.1) is 0 Å². The number of aliphatic carboxylic acids is 2. The van der Waals surface area contributed by atoms with Crippen LogP contribution in [0, 0.1) is 0 Å². The summed E-state index contributed by atoms with van der Waals surface area (Å²) in [5.41, 5.74) is -2.42. The Hall–Kier alpha value is -5.23. The zero-order valence-corrected chi connectivity index (χ0v) is 32.4. The largest absolute Gasteiger partial charge is 0.483 e. The van der Waals surface area contributed by atoms with Gasteiger partial charge in [0.05, 0.1) is 11.1 Å². The maximum Gasteiger partial charge on any atom is 0.352 e. The second kappa shape index (κ2) is 18.4. The van der Waals surface area contributed by atoms with Gasteiger partial charge in [0, 0.05) is 6.54 Å². The maximum atomic E-state index is 14.7. The molecule has 55 heavy (non-hydrogen) atoms. The molecule has 5 amide bonds. The number of fused-ring (bicyclic) bond motifs is 2. The predicted molar refractivity (Wildman–Crippen MR) is 200 cm³/mol. The van der Waals surface area contributed by atoms with Gasteiger partial charge in [0.25, 0.3) is 17.7 Å². The van der Waals surface area contributed by atoms with Crippen molar-refractivity contribution in [3.63, 3.8) is 0 Å². The molecule has 0 aromatic heterocycles. The second-order valence-corrected chi connectivity index (χ2v) is 13.8. The van der Waals surface area contributed by atoms with Gasteiger partial charge in [-0.25, -0.2) is 9.59 Å². The molecule has 0 saturated carbocycles. The number of benzene rings is 1. The van der Waals surface area contributed by atoms with Gasteiger partial charge >= 0.3 is 11.9 Å². The van der Waals surface area contributed by atoms with E-state index in [4.69, 9.17) is 33.0 Å². The Kier molecular flexibility index (Phi) is 14.8. The van der Waals surface area contributed by atoms with E-state index in [2.05, 4.69) is 27.8 Å². The Morgan fingerprint density at radius 1 is 1.07 bits per heavy atom. The first kappa shape index (κ1) is 44.2. The number of ether oxygens (including phenoxy) is 1. The molecule has 3 rings (SSSR count). The fourth-order valence-electron chi connectivity index (χ4n) is 5.72. The van der Waals surface area contributed by atoms with Crippen molar-refractivity contribution in [3.8, 4) is 5.75 Å². The van der Waals surface area contributed by atoms with Crippen molar-refractivity contribution >= 4 is 64.7 Å². The molecule has 2 unspecified atom stereocenters. The molecule has 2 aliphatic heterocycles. The molecule has 8 N–H and O–H groups in total. The van der Waals surface area contributed by atoms with Crippen LogP contribution in [0.5, 0.6) is 5.75 Å². The minimum Gasteiger partial charge on any atom is -0.483 e. The molecule has 0 fully saturated rings. The van der Waals surface area contributed by atoms with Crippen LogP contribution in [0.15, 0.2) is 59.5 Å². The third-order valence-electron chi connectivity index (χ3n) is 9.19. The molecule has 19 heteroatoms. The lowest BCUT2D eigenvalue weighted by Crippen LogP contribution is -2.65. The number of aliphatic hydroxyl groups is 1. The van der Waals surface area contributed by atoms with Crippen LogP contribution in [-0.4, -0.2) is 105 Å². The highest BCUT2D eigenvalue weighted by molar-refractivity contribution is 6.43. The molecule has 1 aromatic carbocycles. The summed E-state index contributed by atoms with van der Waals surface area (Å²) in [6.45, 7) is 11.5. The third kappa shape index (κ3) is 10.1. The lowest BCUT2D eigenvalue weighted by atomic mass is 9.90. The van der Waals surface area contributed by atoms with Crippen molar-refractivity contribution < 1.29 is 53.6 Å². The van der Waals surface area contributed by atoms with Crippen molar-refractivity contribution in [2.24, 2.45) is 0 Å². The number of allylic oxidation sites excluding steroid dienone is 1. The van der Waals surface area contributed by atoms with Gasteiger partial charge in [-0.2, -0.15) is 0 Å². The number of hydrogen-bond donors (Lipinski definition) is 8. The Labute approximate surface area is 326 Å². The number of nitrogens with one attached hydrogen (secondary N) is 5. The topological polar surface area (TPSA) is 253 Å². The van der Waals surface area contributed by atoms with Gasteiger partial charge in [-0.1, -0.05) is 55.8 Å². The van der Waals surface area contributed by atoms with Gasteiger partial charge in [0.2, 0.25) is 11.8 Å². The number of nitrogens with zero attached hydrogens (tertiary/aromatic N) is 1. The molecule has 0 saturated heterocycles. The van der Waals surface area contributed by atoms with E-state index in [9.17, 15) is 43.8 Å². The number of likely N-dealkylation sites (N-methyl/N-ethyl adjacent to an activating group) is 1. The second-order valence-electron chi connectivity index (χ2n) is 13.0. The molecule has 1 aromatic rings. The highest BCUT2D eigenvalue weighted by Crippen LogP contribution is 2.39. The number of amides is 5. The lowest BCUT2D eigenvalue weighted by molar-refractivity contribution is -0.146. The predicted octanol–water partition coefficient (Wildman–Crippen LogP) is 1.46. The van der Waals surface area contributed by atoms with E-state index in [0.717, 1.165) is 4.90 Å². The number of carboxylic acids is 2. The van der Waals surface area contributed by atoms with Gasteiger partial charge in [0.15, 0.2) is 0 Å². The van der Waals surface area contributed by atoms with Gasteiger partial charge < -0.3 is 51.5 Å². The van der Waals surface area contributed by atoms with E-state index >= 15 is 0 Å². The highest BCUT2D eigenvalue weighted by atomic mass is 35.5. The van der Waals surface area contributed by atoms with E-state index in [0.29, 0.717) is 0 Å². The van der Waals surface area contributed by atoms with Crippen molar-refractivity contribution in [1.82, 2.24) is 31.5 Å². The fourth-order valence-corrected chi connectivity index (χ4v) is 6.09. The molecule has 2 bridgehead atoms. The fraction of sp³-hybridized carbons (Fsp3) is 0.417. The summed E-state index contributed by atoms with van der Waals surface area (Å²) in [4.78, 5) is 93.0. The molecule has 0 spiro atoms. The smallest absolute Gasteiger partial charge is 0.352 e. The SMILES string of the molecule is C=C(C)C1NC(=O)C(NC)[C@@H](O)c2cc(Cl)c(Cl)c(c2)O[C@](C)(CC)[C@H](C(=O)N2CC=C[C@H]2C(=O)N/C(C(=O)N/C(=C/C(=O)O)C(=O)O)=C(/C)CC)NC1=O. The summed E-state index contributed by atoms with van der Waals surface area (Å²) in [7, 11) is 1.42. The van der Waals surface area contributed by atoms with Crippen LogP contribution in [0.25, 0.3) is 0 Å². The maximum absolute atomic E-state index is 14.7. The minimum atomic E-state index is -1.75. The number of carbonyl (C=O) groups excluding carboxylic acids is 5. The number of carboxylic acid groups (broad SMARTS) is 2. The van der Waals surface area contributed by atoms with E-state index in [-0.39, 0.29) is 63.7 Å².